The van der Waals surface area contributed by atoms with Gasteiger partial charge in [-0.3, -0.25) is 9.69 Å². The first-order valence-corrected chi connectivity index (χ1v) is 12.4. The second-order valence-corrected chi connectivity index (χ2v) is 9.51. The van der Waals surface area contributed by atoms with Crippen LogP contribution in [0.25, 0.3) is 0 Å². The van der Waals surface area contributed by atoms with E-state index in [4.69, 9.17) is 14.2 Å². The number of nitrogens with zero attached hydrogens (tertiary/aromatic N) is 2. The van der Waals surface area contributed by atoms with Crippen molar-refractivity contribution in [2.45, 2.75) is 50.2 Å². The van der Waals surface area contributed by atoms with E-state index in [-0.39, 0.29) is 12.0 Å². The number of benzene rings is 2. The Morgan fingerprint density at radius 1 is 1.00 bits per heavy atom. The molecule has 3 aliphatic rings. The molecule has 1 N–H and O–H groups in total. The van der Waals surface area contributed by atoms with Gasteiger partial charge in [0.05, 0.1) is 13.2 Å². The summed E-state index contributed by atoms with van der Waals surface area (Å²) in [5.74, 6) is 2.66. The fourth-order valence-electron chi connectivity index (χ4n) is 4.88. The van der Waals surface area contributed by atoms with E-state index in [2.05, 4.69) is 17.0 Å². The van der Waals surface area contributed by atoms with Gasteiger partial charge in [-0.05, 0) is 68.0 Å². The number of methoxy groups -OCH3 is 1. The molecule has 7 heteroatoms. The van der Waals surface area contributed by atoms with Crippen molar-refractivity contribution < 1.29 is 24.1 Å². The Balaban J connectivity index is 1.17. The first-order valence-electron chi connectivity index (χ1n) is 12.4. The first-order chi connectivity index (χ1) is 16.6. The smallest absolute Gasteiger partial charge is 0.268 e. The summed E-state index contributed by atoms with van der Waals surface area (Å²) in [6.07, 6.45) is 4.35. The lowest BCUT2D eigenvalue weighted by Crippen LogP contribution is -2.40. The van der Waals surface area contributed by atoms with Crippen LogP contribution >= 0.6 is 0 Å². The van der Waals surface area contributed by atoms with Crippen LogP contribution in [0.1, 0.15) is 43.6 Å². The van der Waals surface area contributed by atoms with Gasteiger partial charge in [-0.1, -0.05) is 12.1 Å². The molecule has 2 atom stereocenters. The molecule has 2 saturated heterocycles. The number of likely N-dealkylation sites (tertiary alicyclic amines) is 1. The topological polar surface area (TPSA) is 71.5 Å². The first kappa shape index (κ1) is 23.0. The van der Waals surface area contributed by atoms with Gasteiger partial charge in [0.1, 0.15) is 12.4 Å². The van der Waals surface area contributed by atoms with Crippen LogP contribution in [0.3, 0.4) is 0 Å². The monoisotopic (exact) mass is 466 g/mol. The fourth-order valence-corrected chi connectivity index (χ4v) is 4.88. The summed E-state index contributed by atoms with van der Waals surface area (Å²) in [5.41, 5.74) is 2.14. The molecule has 0 radical (unpaired) electrons. The van der Waals surface area contributed by atoms with Gasteiger partial charge in [0.15, 0.2) is 17.6 Å². The number of piperidine rings is 1. The molecule has 2 heterocycles. The summed E-state index contributed by atoms with van der Waals surface area (Å²) < 4.78 is 17.5. The largest absolute Gasteiger partial charge is 0.493 e. The van der Waals surface area contributed by atoms with Gasteiger partial charge < -0.3 is 24.2 Å². The Morgan fingerprint density at radius 2 is 1.82 bits per heavy atom. The Morgan fingerprint density at radius 3 is 2.56 bits per heavy atom. The Bertz CT molecular complexity index is 991. The van der Waals surface area contributed by atoms with E-state index in [1.807, 2.05) is 30.3 Å². The molecular formula is C27H34N2O5. The van der Waals surface area contributed by atoms with E-state index < -0.39 is 6.10 Å². The number of carbonyl (C=O) groups is 1. The molecule has 7 nitrogen and oxygen atoms in total. The molecule has 3 fully saturated rings. The van der Waals surface area contributed by atoms with Crippen molar-refractivity contribution in [3.05, 3.63) is 48.0 Å². The molecule has 34 heavy (non-hydrogen) atoms. The highest BCUT2D eigenvalue weighted by Gasteiger charge is 2.35. The summed E-state index contributed by atoms with van der Waals surface area (Å²) in [7, 11) is 1.61. The minimum Gasteiger partial charge on any atom is -0.493 e. The fraction of sp³-hybridized carbons (Fsp3) is 0.519. The van der Waals surface area contributed by atoms with Gasteiger partial charge in [0, 0.05) is 37.8 Å². The van der Waals surface area contributed by atoms with Crippen LogP contribution in [0, 0.1) is 0 Å². The van der Waals surface area contributed by atoms with Crippen LogP contribution in [-0.2, 0) is 4.79 Å². The van der Waals surface area contributed by atoms with E-state index in [0.717, 1.165) is 37.4 Å². The Kier molecular flexibility index (Phi) is 6.92. The number of carbonyl (C=O) groups excluding carboxylic acids is 1. The van der Waals surface area contributed by atoms with Crippen molar-refractivity contribution in [3.8, 4) is 17.2 Å². The van der Waals surface area contributed by atoms with Crippen molar-refractivity contribution in [2.75, 3.05) is 44.8 Å². The van der Waals surface area contributed by atoms with Crippen LogP contribution in [-0.4, -0.2) is 68.0 Å². The van der Waals surface area contributed by atoms with E-state index in [1.54, 1.807) is 12.0 Å². The summed E-state index contributed by atoms with van der Waals surface area (Å²) in [6.45, 7) is 3.56. The van der Waals surface area contributed by atoms with E-state index in [0.29, 0.717) is 43.5 Å². The normalized spacial score (nSPS) is 23.2. The minimum atomic E-state index is -0.478. The highest BCUT2D eigenvalue weighted by molar-refractivity contribution is 5.99. The number of anilines is 1. The second-order valence-electron chi connectivity index (χ2n) is 9.51. The maximum atomic E-state index is 13.1. The number of rotatable bonds is 9. The maximum absolute atomic E-state index is 13.1. The molecule has 2 aliphatic heterocycles. The van der Waals surface area contributed by atoms with Crippen molar-refractivity contribution in [1.29, 1.82) is 0 Å². The SMILES string of the molecule is COc1cc(N2CC[C@H](Oc3ccc(C4CC4)cc3)C2=O)ccc1OCCN1CCC[C@H](O)C1. The van der Waals surface area contributed by atoms with Crippen LogP contribution in [0.5, 0.6) is 17.2 Å². The third-order valence-corrected chi connectivity index (χ3v) is 6.97. The Labute approximate surface area is 201 Å². The van der Waals surface area contributed by atoms with Crippen LogP contribution in [0.2, 0.25) is 0 Å². The van der Waals surface area contributed by atoms with Crippen LogP contribution in [0.4, 0.5) is 5.69 Å². The Hall–Kier alpha value is -2.77. The molecule has 182 valence electrons. The molecule has 0 bridgehead atoms. The predicted octanol–water partition coefficient (Wildman–Crippen LogP) is 3.59. The third kappa shape index (κ3) is 5.31. The number of hydrogen-bond donors (Lipinski definition) is 1. The number of β-amino-alcohol motifs (C(OH)–C–C–N with tert-alkyl or cyclic N) is 1. The molecule has 2 aromatic rings. The van der Waals surface area contributed by atoms with Gasteiger partial charge >= 0.3 is 0 Å². The zero-order chi connectivity index (χ0) is 23.5. The van der Waals surface area contributed by atoms with Gasteiger partial charge in [-0.25, -0.2) is 0 Å². The summed E-state index contributed by atoms with van der Waals surface area (Å²) in [4.78, 5) is 17.0. The lowest BCUT2D eigenvalue weighted by molar-refractivity contribution is -0.122. The third-order valence-electron chi connectivity index (χ3n) is 6.97. The highest BCUT2D eigenvalue weighted by atomic mass is 16.5. The summed E-state index contributed by atoms with van der Waals surface area (Å²) in [5, 5.41) is 9.82. The molecule has 0 unspecified atom stereocenters. The molecule has 0 aromatic heterocycles. The molecule has 0 spiro atoms. The summed E-state index contributed by atoms with van der Waals surface area (Å²) in [6, 6.07) is 13.8. The number of amides is 1. The molecular weight excluding hydrogens is 432 g/mol. The zero-order valence-corrected chi connectivity index (χ0v) is 19.8. The van der Waals surface area contributed by atoms with Gasteiger partial charge in [-0.2, -0.15) is 0 Å². The van der Waals surface area contributed by atoms with Crippen LogP contribution in [0.15, 0.2) is 42.5 Å². The van der Waals surface area contributed by atoms with Crippen LogP contribution < -0.4 is 19.1 Å². The average molecular weight is 467 g/mol. The lowest BCUT2D eigenvalue weighted by Gasteiger charge is -2.29. The maximum Gasteiger partial charge on any atom is 0.268 e. The number of hydrogen-bond acceptors (Lipinski definition) is 6. The second kappa shape index (κ2) is 10.2. The van der Waals surface area contributed by atoms with E-state index in [1.165, 1.54) is 18.4 Å². The molecule has 1 aliphatic carbocycles. The molecule has 5 rings (SSSR count). The molecule has 1 amide bonds. The highest BCUT2D eigenvalue weighted by Crippen LogP contribution is 2.40. The number of aliphatic hydroxyl groups excluding tert-OH is 1. The molecule has 1 saturated carbocycles. The molecule has 2 aromatic carbocycles. The van der Waals surface area contributed by atoms with Gasteiger partial charge in [-0.15, -0.1) is 0 Å². The van der Waals surface area contributed by atoms with Gasteiger partial charge in [0.25, 0.3) is 5.91 Å². The van der Waals surface area contributed by atoms with E-state index in [9.17, 15) is 9.90 Å². The van der Waals surface area contributed by atoms with E-state index >= 15 is 0 Å². The van der Waals surface area contributed by atoms with Crippen molar-refractivity contribution in [2.24, 2.45) is 0 Å². The zero-order valence-electron chi connectivity index (χ0n) is 19.8. The standard InChI is InChI=1S/C27H34N2O5/c1-32-26-17-21(8-11-24(26)33-16-15-28-13-2-3-22(30)18-28)29-14-12-25(27(29)31)34-23-9-6-20(7-10-23)19-4-5-19/h6-11,17,19,22,25,30H,2-5,12-16,18H2,1H3/t22-,25-/m0/s1. The number of ether oxygens (including phenoxy) is 3. The lowest BCUT2D eigenvalue weighted by atomic mass is 10.1. The van der Waals surface area contributed by atoms with Gasteiger partial charge in [0.2, 0.25) is 0 Å². The van der Waals surface area contributed by atoms with Crippen molar-refractivity contribution in [3.63, 3.8) is 0 Å². The minimum absolute atomic E-state index is 0.0364. The van der Waals surface area contributed by atoms with Crippen molar-refractivity contribution >= 4 is 11.6 Å². The number of aliphatic hydroxyl groups is 1. The van der Waals surface area contributed by atoms with Crippen molar-refractivity contribution in [1.82, 2.24) is 4.90 Å². The summed E-state index contributed by atoms with van der Waals surface area (Å²) >= 11 is 0. The predicted molar refractivity (Wildman–Crippen MR) is 130 cm³/mol. The average Bonchev–Trinajstić information content (AvgIpc) is 3.64. The quantitative estimate of drug-likeness (QED) is 0.609.